The lowest BCUT2D eigenvalue weighted by atomic mass is 10.2. The summed E-state index contributed by atoms with van der Waals surface area (Å²) < 4.78 is 53.9. The molecule has 0 unspecified atom stereocenters. The Morgan fingerprint density at radius 1 is 1.33 bits per heavy atom. The smallest absolute Gasteiger partial charge is 0.389 e. The van der Waals surface area contributed by atoms with Gasteiger partial charge in [-0.3, -0.25) is 0 Å². The summed E-state index contributed by atoms with van der Waals surface area (Å²) in [7, 11) is 0. The molecule has 0 saturated carbocycles. The summed E-state index contributed by atoms with van der Waals surface area (Å²) in [4.78, 5) is 0.0394. The summed E-state index contributed by atoms with van der Waals surface area (Å²) in [5, 5.41) is 0. The van der Waals surface area contributed by atoms with Crippen molar-refractivity contribution in [1.29, 1.82) is 0 Å². The van der Waals surface area contributed by atoms with E-state index in [4.69, 9.17) is 10.5 Å². The first kappa shape index (κ1) is 14.7. The molecular weight excluding hydrogens is 270 g/mol. The second kappa shape index (κ2) is 5.99. The van der Waals surface area contributed by atoms with Crippen LogP contribution in [0.15, 0.2) is 18.2 Å². The number of benzene rings is 1. The Kier molecular flexibility index (Phi) is 4.89. The SMILES string of the molecule is NC(=S)c1ccc(OCCCC(F)(F)F)c(F)c1. The van der Waals surface area contributed by atoms with Crippen molar-refractivity contribution < 1.29 is 22.3 Å². The Hall–Kier alpha value is -1.37. The highest BCUT2D eigenvalue weighted by Gasteiger charge is 2.26. The van der Waals surface area contributed by atoms with Crippen LogP contribution in [0.3, 0.4) is 0 Å². The van der Waals surface area contributed by atoms with Crippen molar-refractivity contribution in [2.24, 2.45) is 5.73 Å². The van der Waals surface area contributed by atoms with E-state index >= 15 is 0 Å². The van der Waals surface area contributed by atoms with E-state index in [0.717, 1.165) is 6.07 Å². The largest absolute Gasteiger partial charge is 0.491 e. The molecule has 0 bridgehead atoms. The fraction of sp³-hybridized carbons (Fsp3) is 0.364. The van der Waals surface area contributed by atoms with E-state index in [-0.39, 0.29) is 23.8 Å². The molecule has 2 N–H and O–H groups in total. The van der Waals surface area contributed by atoms with E-state index in [2.05, 4.69) is 12.2 Å². The molecule has 1 rings (SSSR count). The summed E-state index contributed by atoms with van der Waals surface area (Å²) in [5.41, 5.74) is 5.64. The fourth-order valence-corrected chi connectivity index (χ4v) is 1.35. The first-order valence-corrected chi connectivity index (χ1v) is 5.49. The molecule has 0 spiro atoms. The van der Waals surface area contributed by atoms with Crippen molar-refractivity contribution in [3.05, 3.63) is 29.6 Å². The maximum absolute atomic E-state index is 13.4. The van der Waals surface area contributed by atoms with Crippen LogP contribution in [-0.4, -0.2) is 17.8 Å². The molecule has 0 fully saturated rings. The lowest BCUT2D eigenvalue weighted by molar-refractivity contribution is -0.136. The molecule has 2 nitrogen and oxygen atoms in total. The minimum absolute atomic E-state index is 0.0394. The zero-order chi connectivity index (χ0) is 13.8. The van der Waals surface area contributed by atoms with Crippen molar-refractivity contribution in [3.63, 3.8) is 0 Å². The van der Waals surface area contributed by atoms with Crippen LogP contribution >= 0.6 is 12.2 Å². The third kappa shape index (κ3) is 4.87. The second-order valence-electron chi connectivity index (χ2n) is 3.58. The third-order valence-corrected chi connectivity index (χ3v) is 2.31. The van der Waals surface area contributed by atoms with Crippen LogP contribution in [0.1, 0.15) is 18.4 Å². The number of hydrogen-bond acceptors (Lipinski definition) is 2. The lowest BCUT2D eigenvalue weighted by Gasteiger charge is -2.09. The van der Waals surface area contributed by atoms with Crippen LogP contribution in [0.5, 0.6) is 5.75 Å². The molecule has 0 heterocycles. The van der Waals surface area contributed by atoms with Gasteiger partial charge in [0.25, 0.3) is 0 Å². The average Bonchev–Trinajstić information content (AvgIpc) is 2.24. The van der Waals surface area contributed by atoms with Crippen LogP contribution in [0.25, 0.3) is 0 Å². The third-order valence-electron chi connectivity index (χ3n) is 2.08. The van der Waals surface area contributed by atoms with Gasteiger partial charge in [-0.1, -0.05) is 12.2 Å². The first-order valence-electron chi connectivity index (χ1n) is 5.08. The van der Waals surface area contributed by atoms with Gasteiger partial charge in [-0.25, -0.2) is 4.39 Å². The number of thiocarbonyl (C=S) groups is 1. The van der Waals surface area contributed by atoms with Gasteiger partial charge in [0.1, 0.15) is 4.99 Å². The molecule has 1 aromatic rings. The summed E-state index contributed by atoms with van der Waals surface area (Å²) in [5.74, 6) is -0.815. The number of ether oxygens (including phenoxy) is 1. The van der Waals surface area contributed by atoms with Crippen LogP contribution < -0.4 is 10.5 Å². The number of nitrogens with two attached hydrogens (primary N) is 1. The standard InChI is InChI=1S/C11H11F4NOS/c12-8-6-7(10(16)18)2-3-9(8)17-5-1-4-11(13,14)15/h2-3,6H,1,4-5H2,(H2,16,18). The maximum atomic E-state index is 13.4. The van der Waals surface area contributed by atoms with Crippen LogP contribution in [0.2, 0.25) is 0 Å². The number of alkyl halides is 3. The zero-order valence-electron chi connectivity index (χ0n) is 9.26. The molecule has 0 aliphatic heterocycles. The van der Waals surface area contributed by atoms with E-state index in [0.29, 0.717) is 5.56 Å². The molecule has 0 amide bonds. The minimum Gasteiger partial charge on any atom is -0.491 e. The van der Waals surface area contributed by atoms with Gasteiger partial charge in [0.2, 0.25) is 0 Å². The topological polar surface area (TPSA) is 35.2 Å². The van der Waals surface area contributed by atoms with Crippen molar-refractivity contribution in [2.45, 2.75) is 19.0 Å². The zero-order valence-corrected chi connectivity index (χ0v) is 10.1. The highest BCUT2D eigenvalue weighted by atomic mass is 32.1. The van der Waals surface area contributed by atoms with Crippen LogP contribution in [0.4, 0.5) is 17.6 Å². The molecule has 0 aliphatic carbocycles. The molecule has 100 valence electrons. The quantitative estimate of drug-likeness (QED) is 0.511. The number of halogens is 4. The summed E-state index contributed by atoms with van der Waals surface area (Å²) in [6, 6.07) is 3.82. The van der Waals surface area contributed by atoms with E-state index in [1.54, 1.807) is 0 Å². The monoisotopic (exact) mass is 281 g/mol. The van der Waals surface area contributed by atoms with E-state index in [1.807, 2.05) is 0 Å². The number of rotatable bonds is 5. The fourth-order valence-electron chi connectivity index (χ4n) is 1.23. The Bertz CT molecular complexity index is 434. The van der Waals surface area contributed by atoms with E-state index in [9.17, 15) is 17.6 Å². The van der Waals surface area contributed by atoms with Gasteiger partial charge in [-0.15, -0.1) is 0 Å². The van der Waals surface area contributed by atoms with E-state index < -0.39 is 18.4 Å². The lowest BCUT2D eigenvalue weighted by Crippen LogP contribution is -2.11. The second-order valence-corrected chi connectivity index (χ2v) is 4.02. The minimum atomic E-state index is -4.22. The van der Waals surface area contributed by atoms with E-state index in [1.165, 1.54) is 12.1 Å². The highest BCUT2D eigenvalue weighted by Crippen LogP contribution is 2.22. The van der Waals surface area contributed by atoms with Gasteiger partial charge in [0.05, 0.1) is 6.61 Å². The Balaban J connectivity index is 2.51. The molecule has 1 aromatic carbocycles. The van der Waals surface area contributed by atoms with Gasteiger partial charge in [0.15, 0.2) is 11.6 Å². The van der Waals surface area contributed by atoms with Gasteiger partial charge < -0.3 is 10.5 Å². The highest BCUT2D eigenvalue weighted by molar-refractivity contribution is 7.80. The van der Waals surface area contributed by atoms with Gasteiger partial charge in [-0.05, 0) is 24.6 Å². The molecule has 0 aromatic heterocycles. The predicted octanol–water partition coefficient (Wildman–Crippen LogP) is 3.18. The first-order chi connectivity index (χ1) is 8.29. The normalized spacial score (nSPS) is 11.3. The molecule has 0 aliphatic rings. The van der Waals surface area contributed by atoms with Crippen LogP contribution in [0, 0.1) is 5.82 Å². The van der Waals surface area contributed by atoms with Crippen molar-refractivity contribution in [3.8, 4) is 5.75 Å². The molecule has 7 heteroatoms. The average molecular weight is 281 g/mol. The van der Waals surface area contributed by atoms with Gasteiger partial charge in [-0.2, -0.15) is 13.2 Å². The van der Waals surface area contributed by atoms with Gasteiger partial charge >= 0.3 is 6.18 Å². The van der Waals surface area contributed by atoms with Crippen molar-refractivity contribution in [2.75, 3.05) is 6.61 Å². The summed E-state index contributed by atoms with van der Waals surface area (Å²) >= 11 is 4.66. The van der Waals surface area contributed by atoms with Crippen molar-refractivity contribution in [1.82, 2.24) is 0 Å². The summed E-state index contributed by atoms with van der Waals surface area (Å²) in [6.07, 6.45) is -5.41. The maximum Gasteiger partial charge on any atom is 0.389 e. The number of hydrogen-bond donors (Lipinski definition) is 1. The molecule has 0 radical (unpaired) electrons. The Morgan fingerprint density at radius 3 is 2.50 bits per heavy atom. The molecule has 0 atom stereocenters. The Labute approximate surface area is 107 Å². The van der Waals surface area contributed by atoms with Gasteiger partial charge in [0, 0.05) is 12.0 Å². The summed E-state index contributed by atoms with van der Waals surface area (Å²) in [6.45, 7) is -0.206. The molecular formula is C11H11F4NOS. The molecule has 18 heavy (non-hydrogen) atoms. The van der Waals surface area contributed by atoms with Crippen LogP contribution in [-0.2, 0) is 0 Å². The van der Waals surface area contributed by atoms with Crippen molar-refractivity contribution >= 4 is 17.2 Å². The predicted molar refractivity (Wildman–Crippen MR) is 63.1 cm³/mol. The Morgan fingerprint density at radius 2 is 2.00 bits per heavy atom. The molecule has 0 saturated heterocycles.